The fourth-order valence-electron chi connectivity index (χ4n) is 1.88. The van der Waals surface area contributed by atoms with Gasteiger partial charge in [-0.25, -0.2) is 0 Å². The van der Waals surface area contributed by atoms with E-state index in [1.165, 1.54) is 6.08 Å². The fraction of sp³-hybridized carbons (Fsp3) is 0.176. The van der Waals surface area contributed by atoms with Gasteiger partial charge < -0.3 is 5.32 Å². The number of rotatable bonds is 5. The monoisotopic (exact) mass is 379 g/mol. The lowest BCUT2D eigenvalue weighted by Gasteiger charge is -2.10. The van der Waals surface area contributed by atoms with Gasteiger partial charge in [0.15, 0.2) is 5.11 Å². The topological polar surface area (TPSA) is 53.2 Å². The molecule has 0 aliphatic carbocycles. The van der Waals surface area contributed by atoms with Crippen molar-refractivity contribution in [2.45, 2.75) is 13.3 Å². The number of amides is 1. The van der Waals surface area contributed by atoms with Crippen molar-refractivity contribution in [3.05, 3.63) is 62.8 Å². The molecule has 24 heavy (non-hydrogen) atoms. The van der Waals surface area contributed by atoms with Crippen molar-refractivity contribution in [1.29, 1.82) is 0 Å². The first-order valence-corrected chi connectivity index (χ1v) is 9.01. The smallest absolute Gasteiger partial charge is 0.262 e. The third-order valence-electron chi connectivity index (χ3n) is 3.20. The number of hydrogen-bond donors (Lipinski definition) is 3. The van der Waals surface area contributed by atoms with E-state index >= 15 is 0 Å². The highest BCUT2D eigenvalue weighted by molar-refractivity contribution is 7.80. The number of hydrogen-bond acceptors (Lipinski definition) is 3. The molecule has 126 valence electrons. The number of hydrazine groups is 1. The van der Waals surface area contributed by atoms with Crippen LogP contribution in [0.4, 0.5) is 0 Å². The van der Waals surface area contributed by atoms with Crippen molar-refractivity contribution in [1.82, 2.24) is 16.2 Å². The Labute approximate surface area is 155 Å². The molecule has 1 heterocycles. The summed E-state index contributed by atoms with van der Waals surface area (Å²) in [6.07, 6.45) is 4.07. The number of nitrogens with one attached hydrogen (secondary N) is 3. The first-order chi connectivity index (χ1) is 11.5. The molecule has 1 aromatic heterocycles. The Kier molecular flexibility index (Phi) is 7.24. The largest absolute Gasteiger partial charge is 0.361 e. The summed E-state index contributed by atoms with van der Waals surface area (Å²) in [6.45, 7) is 2.67. The maximum Gasteiger partial charge on any atom is 0.262 e. The summed E-state index contributed by atoms with van der Waals surface area (Å²) >= 11 is 12.5. The molecule has 0 saturated carbocycles. The van der Waals surface area contributed by atoms with E-state index in [1.54, 1.807) is 17.4 Å². The Hall–Kier alpha value is -1.89. The minimum atomic E-state index is -0.260. The molecule has 0 atom stereocenters. The number of benzene rings is 1. The van der Waals surface area contributed by atoms with Gasteiger partial charge >= 0.3 is 0 Å². The molecule has 7 heteroatoms. The van der Waals surface area contributed by atoms with Crippen LogP contribution in [0.2, 0.25) is 5.02 Å². The lowest BCUT2D eigenvalue weighted by molar-refractivity contribution is -0.116. The Morgan fingerprint density at radius 3 is 2.67 bits per heavy atom. The quantitative estimate of drug-likeness (QED) is 0.423. The van der Waals surface area contributed by atoms with E-state index in [2.05, 4.69) is 16.2 Å². The van der Waals surface area contributed by atoms with Crippen LogP contribution < -0.4 is 16.2 Å². The predicted molar refractivity (Wildman–Crippen MR) is 105 cm³/mol. The second-order valence-corrected chi connectivity index (χ2v) is 6.84. The summed E-state index contributed by atoms with van der Waals surface area (Å²) in [6, 6.07) is 9.67. The van der Waals surface area contributed by atoms with E-state index in [0.717, 1.165) is 27.4 Å². The first-order valence-electron chi connectivity index (χ1n) is 7.35. The van der Waals surface area contributed by atoms with Gasteiger partial charge in [0.1, 0.15) is 0 Å². The van der Waals surface area contributed by atoms with Gasteiger partial charge in [0.05, 0.1) is 0 Å². The van der Waals surface area contributed by atoms with Crippen LogP contribution in [0.3, 0.4) is 0 Å². The van der Waals surface area contributed by atoms with Gasteiger partial charge in [0.2, 0.25) is 0 Å². The maximum atomic E-state index is 11.7. The Morgan fingerprint density at radius 1 is 1.25 bits per heavy atom. The third-order valence-corrected chi connectivity index (χ3v) is 4.68. The molecular formula is C17H18ClN3OS2. The van der Waals surface area contributed by atoms with Crippen LogP contribution in [-0.4, -0.2) is 17.6 Å². The Bertz CT molecular complexity index is 726. The lowest BCUT2D eigenvalue weighted by atomic mass is 10.1. The van der Waals surface area contributed by atoms with E-state index in [9.17, 15) is 4.79 Å². The molecule has 0 aliphatic rings. The highest BCUT2D eigenvalue weighted by Crippen LogP contribution is 2.16. The van der Waals surface area contributed by atoms with Crippen LogP contribution in [0.1, 0.15) is 16.0 Å². The van der Waals surface area contributed by atoms with Gasteiger partial charge in [-0.3, -0.25) is 15.6 Å². The van der Waals surface area contributed by atoms with Gasteiger partial charge in [-0.05, 0) is 66.3 Å². The summed E-state index contributed by atoms with van der Waals surface area (Å²) in [5.41, 5.74) is 7.51. The normalized spacial score (nSPS) is 10.6. The Morgan fingerprint density at radius 2 is 2.00 bits per heavy atom. The van der Waals surface area contributed by atoms with E-state index in [4.69, 9.17) is 23.8 Å². The van der Waals surface area contributed by atoms with E-state index in [1.807, 2.05) is 42.6 Å². The highest BCUT2D eigenvalue weighted by atomic mass is 35.5. The number of carbonyl (C=O) groups is 1. The number of carbonyl (C=O) groups excluding carboxylic acids is 1. The van der Waals surface area contributed by atoms with E-state index in [0.29, 0.717) is 11.7 Å². The molecule has 1 aromatic carbocycles. The summed E-state index contributed by atoms with van der Waals surface area (Å²) in [7, 11) is 0. The van der Waals surface area contributed by atoms with Gasteiger partial charge in [-0.1, -0.05) is 23.7 Å². The molecule has 0 aliphatic heterocycles. The second kappa shape index (κ2) is 9.42. The number of halogens is 1. The zero-order valence-corrected chi connectivity index (χ0v) is 15.5. The molecule has 0 saturated heterocycles. The minimum absolute atomic E-state index is 0.260. The SMILES string of the molecule is Cc1ccsc1/C=C/C(=O)NNC(=S)NCCc1ccc(Cl)cc1. The van der Waals surface area contributed by atoms with Crippen molar-refractivity contribution in [3.8, 4) is 0 Å². The fourth-order valence-corrected chi connectivity index (χ4v) is 2.98. The predicted octanol–water partition coefficient (Wildman–Crippen LogP) is 3.46. The van der Waals surface area contributed by atoms with Gasteiger partial charge in [0, 0.05) is 22.5 Å². The molecule has 1 amide bonds. The van der Waals surface area contributed by atoms with Crippen molar-refractivity contribution in [2.75, 3.05) is 6.54 Å². The summed E-state index contributed by atoms with van der Waals surface area (Å²) in [5, 5.41) is 6.11. The zero-order valence-electron chi connectivity index (χ0n) is 13.1. The minimum Gasteiger partial charge on any atom is -0.361 e. The summed E-state index contributed by atoms with van der Waals surface area (Å²) in [4.78, 5) is 12.8. The molecule has 0 unspecified atom stereocenters. The molecule has 2 aromatic rings. The first kappa shape index (κ1) is 18.4. The van der Waals surface area contributed by atoms with Crippen LogP contribution in [0.15, 0.2) is 41.8 Å². The van der Waals surface area contributed by atoms with E-state index < -0.39 is 0 Å². The lowest BCUT2D eigenvalue weighted by Crippen LogP contribution is -2.46. The van der Waals surface area contributed by atoms with Gasteiger partial charge in [-0.15, -0.1) is 11.3 Å². The second-order valence-electron chi connectivity index (χ2n) is 5.05. The van der Waals surface area contributed by atoms with Gasteiger partial charge in [0.25, 0.3) is 5.91 Å². The Balaban J connectivity index is 1.65. The standard InChI is InChI=1S/C17H18ClN3OS2/c1-12-9-11-24-15(12)6-7-16(22)20-21-17(23)19-10-8-13-2-4-14(18)5-3-13/h2-7,9,11H,8,10H2,1H3,(H,20,22)(H2,19,21,23)/b7-6+. The van der Waals surface area contributed by atoms with Crippen LogP contribution in [0.5, 0.6) is 0 Å². The van der Waals surface area contributed by atoms with Crippen molar-refractivity contribution < 1.29 is 4.79 Å². The van der Waals surface area contributed by atoms with Crippen LogP contribution >= 0.6 is 35.2 Å². The zero-order chi connectivity index (χ0) is 17.4. The molecule has 0 spiro atoms. The van der Waals surface area contributed by atoms with E-state index in [-0.39, 0.29) is 5.91 Å². The highest BCUT2D eigenvalue weighted by Gasteiger charge is 2.00. The van der Waals surface area contributed by atoms with Gasteiger partial charge in [-0.2, -0.15) is 0 Å². The number of thiocarbonyl (C=S) groups is 1. The molecule has 0 fully saturated rings. The molecule has 0 radical (unpaired) electrons. The molecular weight excluding hydrogens is 362 g/mol. The number of thiophene rings is 1. The molecule has 2 rings (SSSR count). The summed E-state index contributed by atoms with van der Waals surface area (Å²) in [5.74, 6) is -0.260. The van der Waals surface area contributed by atoms with Crippen LogP contribution in [0.25, 0.3) is 6.08 Å². The summed E-state index contributed by atoms with van der Waals surface area (Å²) < 4.78 is 0. The third kappa shape index (κ3) is 6.31. The molecule has 4 nitrogen and oxygen atoms in total. The van der Waals surface area contributed by atoms with Crippen LogP contribution in [0, 0.1) is 6.92 Å². The average molecular weight is 380 g/mol. The maximum absolute atomic E-state index is 11.7. The van der Waals surface area contributed by atoms with Crippen molar-refractivity contribution >= 4 is 52.3 Å². The molecule has 3 N–H and O–H groups in total. The number of aryl methyl sites for hydroxylation is 1. The molecule has 0 bridgehead atoms. The van der Waals surface area contributed by atoms with Crippen molar-refractivity contribution in [3.63, 3.8) is 0 Å². The van der Waals surface area contributed by atoms with Crippen LogP contribution in [-0.2, 0) is 11.2 Å². The average Bonchev–Trinajstić information content (AvgIpc) is 2.98. The van der Waals surface area contributed by atoms with Crippen molar-refractivity contribution in [2.24, 2.45) is 0 Å².